The Morgan fingerprint density at radius 3 is 2.00 bits per heavy atom. The number of alkyl halides is 6. The normalized spacial score (nSPS) is 12.4. The quantitative estimate of drug-likeness (QED) is 0.283. The van der Waals surface area contributed by atoms with Crippen molar-refractivity contribution in [2.75, 3.05) is 5.32 Å². The Morgan fingerprint density at radius 1 is 1.00 bits per heavy atom. The number of rotatable bonds is 4. The van der Waals surface area contributed by atoms with Crippen LogP contribution < -0.4 is 5.32 Å². The number of nitrogens with one attached hydrogen (secondary N) is 1. The first-order valence-electron chi connectivity index (χ1n) is 7.39. The number of nitrogens with zero attached hydrogens (tertiary/aromatic N) is 1. The van der Waals surface area contributed by atoms with Crippen molar-refractivity contribution in [2.45, 2.75) is 12.4 Å². The number of Topliss-reactive ketones (excluding diaryl/α,β-unsaturated/α-hetero) is 1. The second-order valence-corrected chi connectivity index (χ2v) is 5.82. The fraction of sp³-hybridized carbons (Fsp3) is 0.111. The molecule has 2 aromatic rings. The summed E-state index contributed by atoms with van der Waals surface area (Å²) < 4.78 is 77.2. The highest BCUT2D eigenvalue weighted by Crippen LogP contribution is 2.37. The van der Waals surface area contributed by atoms with Crippen LogP contribution in [0.1, 0.15) is 21.5 Å². The maximum absolute atomic E-state index is 12.9. The van der Waals surface area contributed by atoms with E-state index < -0.39 is 40.5 Å². The second kappa shape index (κ2) is 7.94. The largest absolute Gasteiger partial charge is 0.416 e. The fourth-order valence-electron chi connectivity index (χ4n) is 2.13. The minimum absolute atomic E-state index is 0.0327. The second-order valence-electron chi connectivity index (χ2n) is 5.42. The van der Waals surface area contributed by atoms with Crippen LogP contribution in [-0.2, 0) is 12.4 Å². The Labute approximate surface area is 159 Å². The molecule has 146 valence electrons. The zero-order valence-corrected chi connectivity index (χ0v) is 14.4. The van der Waals surface area contributed by atoms with E-state index in [0.717, 1.165) is 6.20 Å². The van der Waals surface area contributed by atoms with Crippen LogP contribution in [0.25, 0.3) is 0 Å². The van der Waals surface area contributed by atoms with Gasteiger partial charge in [-0.1, -0.05) is 23.7 Å². The number of hydrogen-bond donors (Lipinski definition) is 1. The van der Waals surface area contributed by atoms with Crippen LogP contribution in [0, 0.1) is 11.3 Å². The average molecular weight is 419 g/mol. The molecule has 28 heavy (non-hydrogen) atoms. The molecule has 2 aromatic carbocycles. The van der Waals surface area contributed by atoms with E-state index in [4.69, 9.17) is 16.9 Å². The molecule has 0 amide bonds. The number of carbonyl (C=O) groups excluding carboxylic acids is 1. The van der Waals surface area contributed by atoms with Gasteiger partial charge in [0, 0.05) is 17.5 Å². The number of halogens is 7. The lowest BCUT2D eigenvalue weighted by atomic mass is 10.0. The number of anilines is 1. The summed E-state index contributed by atoms with van der Waals surface area (Å²) in [6.07, 6.45) is -9.32. The Morgan fingerprint density at radius 2 is 1.54 bits per heavy atom. The third-order valence-electron chi connectivity index (χ3n) is 3.45. The molecule has 1 N–H and O–H groups in total. The summed E-state index contributed by atoms with van der Waals surface area (Å²) in [7, 11) is 0. The molecule has 0 atom stereocenters. The van der Waals surface area contributed by atoms with Crippen LogP contribution in [-0.4, -0.2) is 5.78 Å². The van der Waals surface area contributed by atoms with Gasteiger partial charge in [0.05, 0.1) is 16.1 Å². The van der Waals surface area contributed by atoms with Gasteiger partial charge in [0.15, 0.2) is 0 Å². The SMILES string of the molecule is N#CC(=CNc1cc(C(F)(F)F)cc(C(F)(F)F)c1)C(=O)c1ccccc1Cl. The highest BCUT2D eigenvalue weighted by atomic mass is 35.5. The zero-order valence-electron chi connectivity index (χ0n) is 13.6. The molecule has 0 spiro atoms. The Kier molecular flexibility index (Phi) is 6.04. The van der Waals surface area contributed by atoms with E-state index in [1.54, 1.807) is 0 Å². The van der Waals surface area contributed by atoms with E-state index in [9.17, 15) is 31.1 Å². The number of allylic oxidation sites excluding steroid dienone is 1. The monoisotopic (exact) mass is 418 g/mol. The van der Waals surface area contributed by atoms with Crippen LogP contribution in [0.15, 0.2) is 54.2 Å². The molecule has 3 nitrogen and oxygen atoms in total. The minimum atomic E-state index is -5.02. The molecule has 0 saturated heterocycles. The smallest absolute Gasteiger partial charge is 0.360 e. The predicted octanol–water partition coefficient (Wildman–Crippen LogP) is 6.08. The topological polar surface area (TPSA) is 52.9 Å². The minimum Gasteiger partial charge on any atom is -0.360 e. The summed E-state index contributed by atoms with van der Waals surface area (Å²) >= 11 is 5.85. The van der Waals surface area contributed by atoms with Gasteiger partial charge in [-0.25, -0.2) is 0 Å². The lowest BCUT2D eigenvalue weighted by Crippen LogP contribution is -2.12. The molecule has 0 radical (unpaired) electrons. The van der Waals surface area contributed by atoms with Gasteiger partial charge in [-0.3, -0.25) is 4.79 Å². The van der Waals surface area contributed by atoms with Crippen molar-refractivity contribution in [3.05, 3.63) is 76.0 Å². The average Bonchev–Trinajstić information content (AvgIpc) is 2.60. The maximum Gasteiger partial charge on any atom is 0.416 e. The number of nitriles is 1. The fourth-order valence-corrected chi connectivity index (χ4v) is 2.35. The van der Waals surface area contributed by atoms with Crippen LogP contribution >= 0.6 is 11.6 Å². The molecule has 0 aliphatic heterocycles. The molecule has 10 heteroatoms. The summed E-state index contributed by atoms with van der Waals surface area (Å²) in [6.45, 7) is 0. The summed E-state index contributed by atoms with van der Waals surface area (Å²) in [6, 6.07) is 8.09. The Bertz CT molecular complexity index is 941. The van der Waals surface area contributed by atoms with Crippen LogP contribution in [0.4, 0.5) is 32.0 Å². The van der Waals surface area contributed by atoms with Crippen molar-refractivity contribution in [1.29, 1.82) is 5.26 Å². The number of carbonyl (C=O) groups is 1. The first-order chi connectivity index (χ1) is 12.9. The van der Waals surface area contributed by atoms with E-state index >= 15 is 0 Å². The molecular weight excluding hydrogens is 410 g/mol. The molecule has 0 saturated carbocycles. The van der Waals surface area contributed by atoms with Gasteiger partial charge < -0.3 is 5.32 Å². The molecule has 0 aliphatic carbocycles. The zero-order chi connectivity index (χ0) is 21.1. The van der Waals surface area contributed by atoms with E-state index in [-0.39, 0.29) is 16.7 Å². The number of hydrogen-bond acceptors (Lipinski definition) is 3. The maximum atomic E-state index is 12.9. The van der Waals surface area contributed by atoms with Crippen molar-refractivity contribution < 1.29 is 31.1 Å². The van der Waals surface area contributed by atoms with Crippen molar-refractivity contribution in [3.63, 3.8) is 0 Å². The van der Waals surface area contributed by atoms with Gasteiger partial charge in [-0.2, -0.15) is 31.6 Å². The summed E-state index contributed by atoms with van der Waals surface area (Å²) in [5, 5.41) is 11.3. The number of ketones is 1. The molecule has 0 aromatic heterocycles. The number of benzene rings is 2. The standard InChI is InChI=1S/C18H9ClF6N2O/c19-15-4-2-1-3-14(15)16(28)10(8-26)9-27-13-6-11(17(20,21)22)5-12(7-13)18(23,24)25/h1-7,9,27H. The Balaban J connectivity index is 2.42. The molecule has 0 fully saturated rings. The molecular formula is C18H9ClF6N2O. The molecule has 0 bridgehead atoms. The van der Waals surface area contributed by atoms with E-state index in [0.29, 0.717) is 12.1 Å². The van der Waals surface area contributed by atoms with E-state index in [1.807, 2.05) is 0 Å². The van der Waals surface area contributed by atoms with Crippen molar-refractivity contribution in [3.8, 4) is 6.07 Å². The summed E-state index contributed by atoms with van der Waals surface area (Å²) in [4.78, 5) is 12.3. The molecule has 0 heterocycles. The van der Waals surface area contributed by atoms with Gasteiger partial charge >= 0.3 is 12.4 Å². The summed E-state index contributed by atoms with van der Waals surface area (Å²) in [5.74, 6) is -0.844. The Hall–Kier alpha value is -2.99. The van der Waals surface area contributed by atoms with Crippen LogP contribution in [0.5, 0.6) is 0 Å². The van der Waals surface area contributed by atoms with Crippen LogP contribution in [0.3, 0.4) is 0 Å². The van der Waals surface area contributed by atoms with E-state index in [2.05, 4.69) is 5.32 Å². The predicted molar refractivity (Wildman–Crippen MR) is 89.5 cm³/mol. The van der Waals surface area contributed by atoms with Gasteiger partial charge in [0.2, 0.25) is 5.78 Å². The van der Waals surface area contributed by atoms with Crippen molar-refractivity contribution in [2.24, 2.45) is 0 Å². The third-order valence-corrected chi connectivity index (χ3v) is 3.78. The lowest BCUT2D eigenvalue weighted by molar-refractivity contribution is -0.143. The first-order valence-corrected chi connectivity index (χ1v) is 7.77. The third kappa shape index (κ3) is 5.04. The lowest BCUT2D eigenvalue weighted by Gasteiger charge is -2.14. The van der Waals surface area contributed by atoms with Crippen molar-refractivity contribution in [1.82, 2.24) is 0 Å². The van der Waals surface area contributed by atoms with Gasteiger partial charge in [0.25, 0.3) is 0 Å². The molecule has 0 unspecified atom stereocenters. The van der Waals surface area contributed by atoms with E-state index in [1.165, 1.54) is 30.3 Å². The first kappa shape index (κ1) is 21.3. The highest BCUT2D eigenvalue weighted by Gasteiger charge is 2.36. The van der Waals surface area contributed by atoms with Gasteiger partial charge in [-0.05, 0) is 30.3 Å². The summed E-state index contributed by atoms with van der Waals surface area (Å²) in [5.41, 5.74) is -4.26. The van der Waals surface area contributed by atoms with Gasteiger partial charge in [-0.15, -0.1) is 0 Å². The molecule has 0 aliphatic rings. The van der Waals surface area contributed by atoms with Crippen molar-refractivity contribution >= 4 is 23.1 Å². The van der Waals surface area contributed by atoms with Crippen LogP contribution in [0.2, 0.25) is 5.02 Å². The van der Waals surface area contributed by atoms with Gasteiger partial charge in [0.1, 0.15) is 11.6 Å². The molecule has 2 rings (SSSR count). The highest BCUT2D eigenvalue weighted by molar-refractivity contribution is 6.35.